The maximum atomic E-state index is 13.2. The Balaban J connectivity index is 2.76. The summed E-state index contributed by atoms with van der Waals surface area (Å²) in [6, 6.07) is 6.97. The molecule has 3 heteroatoms. The molecule has 1 N–H and O–H groups in total. The molecule has 1 aromatic rings. The molecule has 0 aromatic heterocycles. The summed E-state index contributed by atoms with van der Waals surface area (Å²) in [7, 11) is 1.93. The van der Waals surface area contributed by atoms with E-state index in [2.05, 4.69) is 19.2 Å². The highest BCUT2D eigenvalue weighted by atomic mass is 19.1. The number of hydrogen-bond donors (Lipinski definition) is 1. The first-order valence-corrected chi connectivity index (χ1v) is 6.61. The fourth-order valence-electron chi connectivity index (χ4n) is 2.27. The van der Waals surface area contributed by atoms with Gasteiger partial charge in [0, 0.05) is 12.6 Å². The van der Waals surface area contributed by atoms with Crippen LogP contribution in [0.25, 0.3) is 0 Å². The third kappa shape index (κ3) is 4.39. The number of rotatable bonds is 7. The highest BCUT2D eigenvalue weighted by Crippen LogP contribution is 2.16. The number of benzene rings is 1. The second-order valence-electron chi connectivity index (χ2n) is 4.89. The first-order valence-electron chi connectivity index (χ1n) is 6.61. The highest BCUT2D eigenvalue weighted by molar-refractivity contribution is 5.17. The van der Waals surface area contributed by atoms with Gasteiger partial charge in [0.1, 0.15) is 5.82 Å². The van der Waals surface area contributed by atoms with Crippen molar-refractivity contribution >= 4 is 0 Å². The fourth-order valence-corrected chi connectivity index (χ4v) is 2.27. The quantitative estimate of drug-likeness (QED) is 0.806. The Hall–Kier alpha value is -0.930. The molecule has 2 nitrogen and oxygen atoms in total. The van der Waals surface area contributed by atoms with Gasteiger partial charge in [-0.25, -0.2) is 4.39 Å². The van der Waals surface area contributed by atoms with Crippen LogP contribution in [0.5, 0.6) is 0 Å². The first-order chi connectivity index (χ1) is 8.58. The predicted octanol–water partition coefficient (Wildman–Crippen LogP) is 3.02. The van der Waals surface area contributed by atoms with Crippen molar-refractivity contribution in [3.05, 3.63) is 35.6 Å². The zero-order valence-corrected chi connectivity index (χ0v) is 11.7. The molecule has 1 aromatic carbocycles. The first kappa shape index (κ1) is 15.1. The van der Waals surface area contributed by atoms with Crippen molar-refractivity contribution in [2.45, 2.75) is 39.3 Å². The number of likely N-dealkylation sites (N-methyl/N-ethyl adjacent to an activating group) is 1. The summed E-state index contributed by atoms with van der Waals surface area (Å²) in [5.74, 6) is 0.246. The molecule has 0 radical (unpaired) electrons. The Morgan fingerprint density at radius 3 is 2.56 bits per heavy atom. The SMILES string of the molecule is CCOC(C(C)C)C(Cc1cccc(F)c1)NC. The minimum Gasteiger partial charge on any atom is -0.377 e. The Morgan fingerprint density at radius 1 is 1.33 bits per heavy atom. The molecule has 0 spiro atoms. The molecule has 1 rings (SSSR count). The minimum absolute atomic E-state index is 0.142. The third-order valence-electron chi connectivity index (χ3n) is 3.13. The average molecular weight is 253 g/mol. The summed E-state index contributed by atoms with van der Waals surface area (Å²) in [4.78, 5) is 0. The van der Waals surface area contributed by atoms with E-state index in [4.69, 9.17) is 4.74 Å². The summed E-state index contributed by atoms with van der Waals surface area (Å²) >= 11 is 0. The molecular formula is C15H24FNO. The Morgan fingerprint density at radius 2 is 2.06 bits per heavy atom. The van der Waals surface area contributed by atoms with E-state index >= 15 is 0 Å². The Labute approximate surface area is 110 Å². The third-order valence-corrected chi connectivity index (χ3v) is 3.13. The molecule has 2 unspecified atom stereocenters. The second-order valence-corrected chi connectivity index (χ2v) is 4.89. The summed E-state index contributed by atoms with van der Waals surface area (Å²) < 4.78 is 19.0. The van der Waals surface area contributed by atoms with Gasteiger partial charge in [-0.1, -0.05) is 26.0 Å². The van der Waals surface area contributed by atoms with Crippen LogP contribution in [0.1, 0.15) is 26.3 Å². The lowest BCUT2D eigenvalue weighted by Gasteiger charge is -2.30. The molecule has 0 fully saturated rings. The number of nitrogens with one attached hydrogen (secondary N) is 1. The van der Waals surface area contributed by atoms with Crippen LogP contribution in [0.15, 0.2) is 24.3 Å². The van der Waals surface area contributed by atoms with Crippen molar-refractivity contribution < 1.29 is 9.13 Å². The van der Waals surface area contributed by atoms with Crippen LogP contribution in [0.3, 0.4) is 0 Å². The van der Waals surface area contributed by atoms with Gasteiger partial charge in [0.05, 0.1) is 6.10 Å². The van der Waals surface area contributed by atoms with Gasteiger partial charge in [0.15, 0.2) is 0 Å². The van der Waals surface area contributed by atoms with Gasteiger partial charge in [-0.15, -0.1) is 0 Å². The maximum Gasteiger partial charge on any atom is 0.123 e. The van der Waals surface area contributed by atoms with E-state index in [0.29, 0.717) is 12.5 Å². The second kappa shape index (κ2) is 7.49. The zero-order valence-electron chi connectivity index (χ0n) is 11.7. The van der Waals surface area contributed by atoms with Gasteiger partial charge in [-0.3, -0.25) is 0 Å². The number of ether oxygens (including phenoxy) is 1. The summed E-state index contributed by atoms with van der Waals surface area (Å²) in [6.45, 7) is 7.00. The predicted molar refractivity (Wildman–Crippen MR) is 73.2 cm³/mol. The fraction of sp³-hybridized carbons (Fsp3) is 0.600. The van der Waals surface area contributed by atoms with Gasteiger partial charge < -0.3 is 10.1 Å². The monoisotopic (exact) mass is 253 g/mol. The zero-order chi connectivity index (χ0) is 13.5. The van der Waals surface area contributed by atoms with Crippen molar-refractivity contribution in [1.29, 1.82) is 0 Å². The van der Waals surface area contributed by atoms with E-state index in [1.165, 1.54) is 6.07 Å². The van der Waals surface area contributed by atoms with Crippen molar-refractivity contribution in [2.24, 2.45) is 5.92 Å². The van der Waals surface area contributed by atoms with Gasteiger partial charge in [-0.05, 0) is 44.0 Å². The van der Waals surface area contributed by atoms with Crippen LogP contribution >= 0.6 is 0 Å². The molecule has 0 amide bonds. The van der Waals surface area contributed by atoms with Crippen molar-refractivity contribution in [3.8, 4) is 0 Å². The van der Waals surface area contributed by atoms with Gasteiger partial charge in [0.2, 0.25) is 0 Å². The van der Waals surface area contributed by atoms with Crippen LogP contribution in [0.2, 0.25) is 0 Å². The van der Waals surface area contributed by atoms with Crippen LogP contribution in [-0.4, -0.2) is 25.8 Å². The summed E-state index contributed by atoms with van der Waals surface area (Å²) in [5.41, 5.74) is 1.000. The minimum atomic E-state index is -0.181. The average Bonchev–Trinajstić information content (AvgIpc) is 2.33. The summed E-state index contributed by atoms with van der Waals surface area (Å²) in [6.07, 6.45) is 0.917. The van der Waals surface area contributed by atoms with Crippen LogP contribution < -0.4 is 5.32 Å². The molecule has 0 bridgehead atoms. The van der Waals surface area contributed by atoms with Crippen LogP contribution in [-0.2, 0) is 11.2 Å². The number of halogens is 1. The van der Waals surface area contributed by atoms with E-state index < -0.39 is 0 Å². The molecule has 0 aliphatic rings. The van der Waals surface area contributed by atoms with Crippen LogP contribution in [0, 0.1) is 11.7 Å². The Bertz CT molecular complexity index is 354. The van der Waals surface area contributed by atoms with Crippen molar-refractivity contribution in [1.82, 2.24) is 5.32 Å². The van der Waals surface area contributed by atoms with E-state index in [-0.39, 0.29) is 18.0 Å². The topological polar surface area (TPSA) is 21.3 Å². The Kier molecular flexibility index (Phi) is 6.30. The molecule has 0 aliphatic heterocycles. The molecule has 0 saturated heterocycles. The van der Waals surface area contributed by atoms with E-state index in [0.717, 1.165) is 12.0 Å². The van der Waals surface area contributed by atoms with Crippen molar-refractivity contribution in [2.75, 3.05) is 13.7 Å². The molecule has 0 heterocycles. The molecule has 102 valence electrons. The molecule has 0 aliphatic carbocycles. The van der Waals surface area contributed by atoms with E-state index in [1.54, 1.807) is 12.1 Å². The highest BCUT2D eigenvalue weighted by Gasteiger charge is 2.23. The molecule has 0 saturated carbocycles. The lowest BCUT2D eigenvalue weighted by atomic mass is 9.94. The lowest BCUT2D eigenvalue weighted by molar-refractivity contribution is 0.00534. The number of hydrogen-bond acceptors (Lipinski definition) is 2. The lowest BCUT2D eigenvalue weighted by Crippen LogP contribution is -2.44. The van der Waals surface area contributed by atoms with E-state index in [9.17, 15) is 4.39 Å². The van der Waals surface area contributed by atoms with E-state index in [1.807, 2.05) is 20.0 Å². The molecule has 18 heavy (non-hydrogen) atoms. The largest absolute Gasteiger partial charge is 0.377 e. The standard InChI is InChI=1S/C15H24FNO/c1-5-18-15(11(2)3)14(17-4)10-12-7-6-8-13(16)9-12/h6-9,11,14-15,17H,5,10H2,1-4H3. The van der Waals surface area contributed by atoms with Gasteiger partial charge >= 0.3 is 0 Å². The van der Waals surface area contributed by atoms with Gasteiger partial charge in [0.25, 0.3) is 0 Å². The smallest absolute Gasteiger partial charge is 0.123 e. The maximum absolute atomic E-state index is 13.2. The summed E-state index contributed by atoms with van der Waals surface area (Å²) in [5, 5.41) is 3.29. The molecule has 2 atom stereocenters. The van der Waals surface area contributed by atoms with Crippen LogP contribution in [0.4, 0.5) is 4.39 Å². The van der Waals surface area contributed by atoms with Crippen molar-refractivity contribution in [3.63, 3.8) is 0 Å². The van der Waals surface area contributed by atoms with Gasteiger partial charge in [-0.2, -0.15) is 0 Å². The normalized spacial score (nSPS) is 14.8. The molecular weight excluding hydrogens is 229 g/mol.